The van der Waals surface area contributed by atoms with Crippen molar-refractivity contribution in [3.05, 3.63) is 176 Å². The second-order valence-corrected chi connectivity index (χ2v) is 15.9. The lowest BCUT2D eigenvalue weighted by Gasteiger charge is -2.11. The van der Waals surface area contributed by atoms with Gasteiger partial charge in [0.05, 0.1) is 27.6 Å². The molecule has 5 nitrogen and oxygen atoms in total. The monoisotopic (exact) mass is 743 g/mol. The maximum atomic E-state index is 5.22. The van der Waals surface area contributed by atoms with Crippen LogP contribution < -0.4 is 0 Å². The molecule has 0 aliphatic carbocycles. The van der Waals surface area contributed by atoms with Crippen LogP contribution in [0.3, 0.4) is 0 Å². The Hall–Kier alpha value is -7.41. The molecule has 0 saturated carbocycles. The van der Waals surface area contributed by atoms with Crippen LogP contribution in [0.5, 0.6) is 0 Å². The van der Waals surface area contributed by atoms with Crippen molar-refractivity contribution in [3.63, 3.8) is 0 Å². The van der Waals surface area contributed by atoms with Gasteiger partial charge >= 0.3 is 0 Å². The summed E-state index contributed by atoms with van der Waals surface area (Å²) in [6.07, 6.45) is 0. The number of benzene rings is 8. The summed E-state index contributed by atoms with van der Waals surface area (Å²) in [5, 5.41) is 12.3. The van der Waals surface area contributed by atoms with Gasteiger partial charge in [-0.25, -0.2) is 4.98 Å². The molecule has 0 amide bonds. The van der Waals surface area contributed by atoms with E-state index in [-0.39, 0.29) is 0 Å². The van der Waals surface area contributed by atoms with Gasteiger partial charge in [-0.1, -0.05) is 140 Å². The highest BCUT2D eigenvalue weighted by Crippen LogP contribution is 2.45. The Morgan fingerprint density at radius 1 is 0.351 bits per heavy atom. The summed E-state index contributed by atoms with van der Waals surface area (Å²) in [6, 6.07) is 63.1. The zero-order chi connectivity index (χ0) is 37.2. The number of hydrogen-bond donors (Lipinski definition) is 0. The molecule has 5 aromatic heterocycles. The molecule has 0 aliphatic heterocycles. The Labute approximate surface area is 329 Å². The summed E-state index contributed by atoms with van der Waals surface area (Å²) in [4.78, 5) is 15.5. The van der Waals surface area contributed by atoms with E-state index in [4.69, 9.17) is 15.0 Å². The number of thiophene rings is 1. The van der Waals surface area contributed by atoms with Crippen molar-refractivity contribution in [1.29, 1.82) is 0 Å². The van der Waals surface area contributed by atoms with E-state index < -0.39 is 0 Å². The van der Waals surface area contributed by atoms with Crippen LogP contribution in [0.25, 0.3) is 120 Å². The minimum Gasteiger partial charge on any atom is -0.308 e. The lowest BCUT2D eigenvalue weighted by atomic mass is 10.0. The van der Waals surface area contributed by atoms with Crippen LogP contribution in [-0.2, 0) is 0 Å². The van der Waals surface area contributed by atoms with Gasteiger partial charge in [0, 0.05) is 58.2 Å². The van der Waals surface area contributed by atoms with Crippen molar-refractivity contribution in [2.75, 3.05) is 0 Å². The Bertz CT molecular complexity index is 3750. The molecule has 0 aliphatic rings. The van der Waals surface area contributed by atoms with E-state index in [2.05, 4.69) is 148 Å². The molecule has 8 aromatic carbocycles. The van der Waals surface area contributed by atoms with E-state index in [1.54, 1.807) is 0 Å². The molecular weight excluding hydrogens is 715 g/mol. The first-order chi connectivity index (χ1) is 28.3. The van der Waals surface area contributed by atoms with Gasteiger partial charge in [-0.15, -0.1) is 11.3 Å². The molecule has 5 heterocycles. The van der Waals surface area contributed by atoms with Crippen molar-refractivity contribution in [2.24, 2.45) is 0 Å². The highest BCUT2D eigenvalue weighted by molar-refractivity contribution is 7.26. The number of aromatic nitrogens is 5. The topological polar surface area (TPSA) is 48.0 Å². The van der Waals surface area contributed by atoms with Crippen LogP contribution in [0.1, 0.15) is 0 Å². The molecule has 0 bridgehead atoms. The zero-order valence-corrected chi connectivity index (χ0v) is 31.2. The maximum absolute atomic E-state index is 5.22. The van der Waals surface area contributed by atoms with Gasteiger partial charge < -0.3 is 4.40 Å². The number of para-hydroxylation sites is 2. The van der Waals surface area contributed by atoms with Gasteiger partial charge in [-0.05, 0) is 52.6 Å². The van der Waals surface area contributed by atoms with Gasteiger partial charge in [0.2, 0.25) is 5.95 Å². The molecule has 0 N–H and O–H groups in total. The zero-order valence-electron chi connectivity index (χ0n) is 30.4. The van der Waals surface area contributed by atoms with E-state index >= 15 is 0 Å². The van der Waals surface area contributed by atoms with Crippen LogP contribution in [-0.4, -0.2) is 23.9 Å². The first-order valence-corrected chi connectivity index (χ1v) is 20.0. The number of nitrogens with zero attached hydrogens (tertiary/aromatic N) is 5. The fourth-order valence-corrected chi connectivity index (χ4v) is 10.5. The third-order valence-electron chi connectivity index (χ3n) is 11.7. The molecule has 0 unspecified atom stereocenters. The molecule has 13 rings (SSSR count). The van der Waals surface area contributed by atoms with E-state index in [1.807, 2.05) is 47.7 Å². The minimum atomic E-state index is 0.586. The van der Waals surface area contributed by atoms with Gasteiger partial charge in [0.25, 0.3) is 0 Å². The van der Waals surface area contributed by atoms with Gasteiger partial charge in [-0.3, -0.25) is 4.57 Å². The van der Waals surface area contributed by atoms with E-state index in [0.717, 1.165) is 32.9 Å². The first kappa shape index (κ1) is 30.9. The van der Waals surface area contributed by atoms with Crippen molar-refractivity contribution in [3.8, 4) is 28.7 Å². The molecular formula is C51H29N5S. The average Bonchev–Trinajstić information content (AvgIpc) is 3.94. The molecule has 57 heavy (non-hydrogen) atoms. The van der Waals surface area contributed by atoms with E-state index in [0.29, 0.717) is 17.6 Å². The van der Waals surface area contributed by atoms with Crippen LogP contribution in [0.15, 0.2) is 176 Å². The van der Waals surface area contributed by atoms with Gasteiger partial charge in [0.1, 0.15) is 0 Å². The number of hydrogen-bond acceptors (Lipinski definition) is 4. The van der Waals surface area contributed by atoms with Crippen LogP contribution in [0, 0.1) is 0 Å². The Morgan fingerprint density at radius 2 is 0.860 bits per heavy atom. The largest absolute Gasteiger partial charge is 0.308 e. The maximum Gasteiger partial charge on any atom is 0.238 e. The smallest absolute Gasteiger partial charge is 0.238 e. The molecule has 0 radical (unpaired) electrons. The summed E-state index contributed by atoms with van der Waals surface area (Å²) < 4.78 is 7.37. The molecule has 264 valence electrons. The molecule has 0 saturated heterocycles. The van der Waals surface area contributed by atoms with Crippen LogP contribution in [0.4, 0.5) is 0 Å². The summed E-state index contributed by atoms with van der Waals surface area (Å²) in [5.41, 5.74) is 7.55. The third kappa shape index (κ3) is 4.30. The predicted molar refractivity (Wildman–Crippen MR) is 239 cm³/mol. The fraction of sp³-hybridized carbons (Fsp3) is 0. The quantitative estimate of drug-likeness (QED) is 0.181. The Kier molecular flexibility index (Phi) is 6.26. The normalized spacial score (nSPS) is 12.2. The SMILES string of the molecule is c1ccc(-c2nc(-c3ccccc3)nc(-n3c4ccccc4c4cc5c(cc43)c3cccc4c6ccccc6c6cccc7sc8cccc(c8c76)n5c43)n2)cc1. The summed E-state index contributed by atoms with van der Waals surface area (Å²) in [5.74, 6) is 1.86. The average molecular weight is 744 g/mol. The molecule has 0 atom stereocenters. The van der Waals surface area contributed by atoms with Crippen molar-refractivity contribution >= 4 is 102 Å². The summed E-state index contributed by atoms with van der Waals surface area (Å²) >= 11 is 1.88. The molecule has 0 fully saturated rings. The van der Waals surface area contributed by atoms with E-state index in [9.17, 15) is 0 Å². The molecule has 13 aromatic rings. The molecule has 0 spiro atoms. The van der Waals surface area contributed by atoms with E-state index in [1.165, 1.54) is 69.0 Å². The van der Waals surface area contributed by atoms with Crippen LogP contribution in [0.2, 0.25) is 0 Å². The minimum absolute atomic E-state index is 0.586. The second-order valence-electron chi connectivity index (χ2n) is 14.8. The lowest BCUT2D eigenvalue weighted by molar-refractivity contribution is 0.954. The number of fused-ring (bicyclic) bond motifs is 10. The summed E-state index contributed by atoms with van der Waals surface area (Å²) in [6.45, 7) is 0. The molecule has 6 heteroatoms. The van der Waals surface area contributed by atoms with Gasteiger partial charge in [0.15, 0.2) is 11.6 Å². The Balaban J connectivity index is 1.23. The lowest BCUT2D eigenvalue weighted by Crippen LogP contribution is -2.06. The second kappa shape index (κ2) is 11.6. The third-order valence-corrected chi connectivity index (χ3v) is 12.8. The predicted octanol–water partition coefficient (Wildman–Crippen LogP) is 13.5. The van der Waals surface area contributed by atoms with Crippen molar-refractivity contribution in [1.82, 2.24) is 23.9 Å². The standard InChI is InChI=1S/C51H29N5S/c1-3-14-30(15-4-1)49-52-50(31-16-5-2-6-17-31)54-51(53-49)56-40-24-10-9-20-34(40)38-28-42-39(29-43(38)56)37-23-11-22-36-33-19-8-7-18-32(33)35-21-12-26-44-46(35)47-41(55(42)48(36)37)25-13-27-45(47)57-44/h1-29H. The summed E-state index contributed by atoms with van der Waals surface area (Å²) in [7, 11) is 0. The number of rotatable bonds is 3. The highest BCUT2D eigenvalue weighted by atomic mass is 32.1. The van der Waals surface area contributed by atoms with Crippen molar-refractivity contribution < 1.29 is 0 Å². The fourth-order valence-electron chi connectivity index (χ4n) is 9.32. The highest BCUT2D eigenvalue weighted by Gasteiger charge is 2.22. The first-order valence-electron chi connectivity index (χ1n) is 19.2. The van der Waals surface area contributed by atoms with Crippen molar-refractivity contribution in [2.45, 2.75) is 0 Å². The van der Waals surface area contributed by atoms with Crippen LogP contribution >= 0.6 is 11.3 Å². The Morgan fingerprint density at radius 3 is 1.60 bits per heavy atom. The van der Waals surface area contributed by atoms with Gasteiger partial charge in [-0.2, -0.15) is 9.97 Å².